The maximum atomic E-state index is 11.6. The van der Waals surface area contributed by atoms with Gasteiger partial charge in [0, 0.05) is 12.8 Å². The second-order valence-electron chi connectivity index (χ2n) is 4.16. The van der Waals surface area contributed by atoms with Gasteiger partial charge in [-0.05, 0) is 6.42 Å². The number of anilines is 1. The highest BCUT2D eigenvalue weighted by molar-refractivity contribution is 5.89. The van der Waals surface area contributed by atoms with Gasteiger partial charge >= 0.3 is 12.0 Å². The lowest BCUT2D eigenvalue weighted by Gasteiger charge is -2.10. The maximum Gasteiger partial charge on any atom is 0.327 e. The van der Waals surface area contributed by atoms with Gasteiger partial charge in [0.25, 0.3) is 0 Å². The lowest BCUT2D eigenvalue weighted by Crippen LogP contribution is -2.38. The number of ether oxygens (including phenoxy) is 2. The summed E-state index contributed by atoms with van der Waals surface area (Å²) in [7, 11) is 1.31. The Morgan fingerprint density at radius 3 is 3.16 bits per heavy atom. The van der Waals surface area contributed by atoms with Gasteiger partial charge in [-0.3, -0.25) is 9.48 Å². The first-order chi connectivity index (χ1) is 9.17. The van der Waals surface area contributed by atoms with Crippen molar-refractivity contribution in [3.8, 4) is 0 Å². The summed E-state index contributed by atoms with van der Waals surface area (Å²) in [5.74, 6) is -0.401. The lowest BCUT2D eigenvalue weighted by molar-refractivity contribution is -0.141. The Labute approximate surface area is 110 Å². The van der Waals surface area contributed by atoms with E-state index in [1.54, 1.807) is 6.20 Å². The van der Waals surface area contributed by atoms with Gasteiger partial charge in [-0.25, -0.2) is 4.79 Å². The monoisotopic (exact) mass is 268 g/mol. The van der Waals surface area contributed by atoms with Crippen LogP contribution in [0, 0.1) is 0 Å². The summed E-state index contributed by atoms with van der Waals surface area (Å²) in [5.41, 5.74) is 0.514. The SMILES string of the molecule is COC(=O)Cn1cc(NC(=O)NC2CCOC2)cn1. The molecule has 0 spiro atoms. The number of nitrogens with zero attached hydrogens (tertiary/aromatic N) is 2. The molecule has 8 heteroatoms. The molecule has 1 aliphatic rings. The van der Waals surface area contributed by atoms with Crippen molar-refractivity contribution in [3.05, 3.63) is 12.4 Å². The van der Waals surface area contributed by atoms with Crippen molar-refractivity contribution >= 4 is 17.7 Å². The molecule has 1 unspecified atom stereocenters. The molecule has 1 aromatic rings. The van der Waals surface area contributed by atoms with Crippen LogP contribution in [0.2, 0.25) is 0 Å². The molecule has 2 N–H and O–H groups in total. The first-order valence-electron chi connectivity index (χ1n) is 5.92. The molecule has 2 amide bonds. The highest BCUT2D eigenvalue weighted by Crippen LogP contribution is 2.07. The van der Waals surface area contributed by atoms with E-state index >= 15 is 0 Å². The quantitative estimate of drug-likeness (QED) is 0.748. The van der Waals surface area contributed by atoms with E-state index in [0.717, 1.165) is 6.42 Å². The number of carbonyl (C=O) groups excluding carboxylic acids is 2. The number of hydrogen-bond acceptors (Lipinski definition) is 5. The first kappa shape index (κ1) is 13.3. The number of aromatic nitrogens is 2. The molecule has 0 aromatic carbocycles. The van der Waals surface area contributed by atoms with Crippen LogP contribution in [0.5, 0.6) is 0 Å². The van der Waals surface area contributed by atoms with Gasteiger partial charge in [0.2, 0.25) is 0 Å². The minimum atomic E-state index is -0.401. The predicted octanol–water partition coefficient (Wildman–Crippen LogP) is -0.0335. The summed E-state index contributed by atoms with van der Waals surface area (Å²) in [6, 6.07) is -0.266. The van der Waals surface area contributed by atoms with E-state index in [-0.39, 0.29) is 18.6 Å². The number of urea groups is 1. The van der Waals surface area contributed by atoms with Crippen molar-refractivity contribution < 1.29 is 19.1 Å². The van der Waals surface area contributed by atoms with Gasteiger partial charge in [0.15, 0.2) is 0 Å². The zero-order valence-corrected chi connectivity index (χ0v) is 10.6. The van der Waals surface area contributed by atoms with E-state index in [1.165, 1.54) is 18.0 Å². The van der Waals surface area contributed by atoms with Crippen molar-refractivity contribution in [2.75, 3.05) is 25.6 Å². The smallest absolute Gasteiger partial charge is 0.327 e. The minimum Gasteiger partial charge on any atom is -0.468 e. The van der Waals surface area contributed by atoms with Crippen LogP contribution in [0.25, 0.3) is 0 Å². The van der Waals surface area contributed by atoms with Crippen LogP contribution in [0.3, 0.4) is 0 Å². The van der Waals surface area contributed by atoms with Gasteiger partial charge in [-0.2, -0.15) is 5.10 Å². The summed E-state index contributed by atoms with van der Waals surface area (Å²) in [6.07, 6.45) is 3.84. The third-order valence-corrected chi connectivity index (χ3v) is 2.67. The summed E-state index contributed by atoms with van der Waals surface area (Å²) in [6.45, 7) is 1.22. The van der Waals surface area contributed by atoms with Crippen LogP contribution in [-0.4, -0.2) is 48.1 Å². The Hall–Kier alpha value is -2.09. The van der Waals surface area contributed by atoms with Crippen molar-refractivity contribution in [3.63, 3.8) is 0 Å². The minimum absolute atomic E-state index is 0.0102. The average Bonchev–Trinajstić information content (AvgIpc) is 3.01. The van der Waals surface area contributed by atoms with E-state index in [9.17, 15) is 9.59 Å². The zero-order chi connectivity index (χ0) is 13.7. The number of hydrogen-bond donors (Lipinski definition) is 2. The number of nitrogens with one attached hydrogen (secondary N) is 2. The molecule has 1 aromatic heterocycles. The molecule has 8 nitrogen and oxygen atoms in total. The summed E-state index contributed by atoms with van der Waals surface area (Å²) < 4.78 is 11.1. The lowest BCUT2D eigenvalue weighted by atomic mass is 10.3. The fourth-order valence-electron chi connectivity index (χ4n) is 1.71. The van der Waals surface area contributed by atoms with E-state index in [1.807, 2.05) is 0 Å². The summed E-state index contributed by atoms with van der Waals surface area (Å²) >= 11 is 0. The van der Waals surface area contributed by atoms with Gasteiger partial charge in [0.1, 0.15) is 6.54 Å². The van der Waals surface area contributed by atoms with Crippen LogP contribution in [0.15, 0.2) is 12.4 Å². The van der Waals surface area contributed by atoms with Gasteiger partial charge in [-0.15, -0.1) is 0 Å². The zero-order valence-electron chi connectivity index (χ0n) is 10.6. The topological polar surface area (TPSA) is 94.5 Å². The van der Waals surface area contributed by atoms with Gasteiger partial charge < -0.3 is 20.1 Å². The molecule has 0 bridgehead atoms. The number of methoxy groups -OCH3 is 1. The first-order valence-corrected chi connectivity index (χ1v) is 5.92. The number of rotatable bonds is 4. The Bertz CT molecular complexity index is 453. The highest BCUT2D eigenvalue weighted by atomic mass is 16.5. The van der Waals surface area contributed by atoms with Crippen LogP contribution in [0.4, 0.5) is 10.5 Å². The molecule has 104 valence electrons. The van der Waals surface area contributed by atoms with E-state index < -0.39 is 5.97 Å². The van der Waals surface area contributed by atoms with Crippen LogP contribution < -0.4 is 10.6 Å². The van der Waals surface area contributed by atoms with Gasteiger partial charge in [0.05, 0.1) is 31.6 Å². The van der Waals surface area contributed by atoms with E-state index in [0.29, 0.717) is 18.9 Å². The van der Waals surface area contributed by atoms with Crippen molar-refractivity contribution in [2.45, 2.75) is 19.0 Å². The Morgan fingerprint density at radius 1 is 1.63 bits per heavy atom. The largest absolute Gasteiger partial charge is 0.468 e. The Balaban J connectivity index is 1.81. The van der Waals surface area contributed by atoms with Crippen LogP contribution in [0.1, 0.15) is 6.42 Å². The molecule has 0 aliphatic carbocycles. The average molecular weight is 268 g/mol. The number of esters is 1. The molecule has 19 heavy (non-hydrogen) atoms. The second-order valence-corrected chi connectivity index (χ2v) is 4.16. The van der Waals surface area contributed by atoms with Crippen LogP contribution in [-0.2, 0) is 20.8 Å². The fourth-order valence-corrected chi connectivity index (χ4v) is 1.71. The maximum absolute atomic E-state index is 11.6. The standard InChI is InChI=1S/C11H16N4O4/c1-18-10(16)6-15-5-9(4-12-15)14-11(17)13-8-2-3-19-7-8/h4-5,8H,2-3,6-7H2,1H3,(H2,13,14,17). The highest BCUT2D eigenvalue weighted by Gasteiger charge is 2.17. The second kappa shape index (κ2) is 6.19. The molecule has 1 atom stereocenters. The Kier molecular flexibility index (Phi) is 4.35. The molecule has 1 aliphatic heterocycles. The van der Waals surface area contributed by atoms with Crippen molar-refractivity contribution in [1.82, 2.24) is 15.1 Å². The number of amides is 2. The third kappa shape index (κ3) is 3.95. The van der Waals surface area contributed by atoms with E-state index in [2.05, 4.69) is 20.5 Å². The predicted molar refractivity (Wildman–Crippen MR) is 65.6 cm³/mol. The van der Waals surface area contributed by atoms with Crippen LogP contribution >= 0.6 is 0 Å². The van der Waals surface area contributed by atoms with E-state index in [4.69, 9.17) is 4.74 Å². The number of carbonyl (C=O) groups is 2. The van der Waals surface area contributed by atoms with Crippen molar-refractivity contribution in [2.24, 2.45) is 0 Å². The Morgan fingerprint density at radius 2 is 2.47 bits per heavy atom. The molecule has 0 radical (unpaired) electrons. The molecule has 1 fully saturated rings. The molecule has 2 heterocycles. The summed E-state index contributed by atoms with van der Waals surface area (Å²) in [5, 5.41) is 9.36. The summed E-state index contributed by atoms with van der Waals surface area (Å²) in [4.78, 5) is 22.7. The normalized spacial score (nSPS) is 18.1. The fraction of sp³-hybridized carbons (Fsp3) is 0.545. The molecule has 2 rings (SSSR count). The van der Waals surface area contributed by atoms with Crippen molar-refractivity contribution in [1.29, 1.82) is 0 Å². The molecule has 0 saturated carbocycles. The molecular weight excluding hydrogens is 252 g/mol. The molecule has 1 saturated heterocycles. The molecular formula is C11H16N4O4. The van der Waals surface area contributed by atoms with Gasteiger partial charge in [-0.1, -0.05) is 0 Å². The third-order valence-electron chi connectivity index (χ3n) is 2.67.